The molecule has 0 bridgehead atoms. The van der Waals surface area contributed by atoms with Gasteiger partial charge in [0, 0.05) is 10.8 Å². The molecule has 0 fully saturated rings. The molecule has 1 spiro atoms. The average Bonchev–Trinajstić information content (AvgIpc) is 3.65. The minimum atomic E-state index is -0.744. The number of aromatic nitrogens is 2. The predicted molar refractivity (Wildman–Crippen MR) is 195 cm³/mol. The number of pyridine rings is 1. The Labute approximate surface area is 283 Å². The lowest BCUT2D eigenvalue weighted by atomic mass is 9.64. The fourth-order valence-electron chi connectivity index (χ4n) is 8.35. The maximum absolute atomic E-state index is 10.1. The van der Waals surface area contributed by atoms with Crippen molar-refractivity contribution in [3.63, 3.8) is 0 Å². The first-order valence-electron chi connectivity index (χ1n) is 16.2. The van der Waals surface area contributed by atoms with E-state index < -0.39 is 5.41 Å². The Balaban J connectivity index is 1.27. The van der Waals surface area contributed by atoms with Crippen LogP contribution in [0.5, 0.6) is 0 Å². The van der Waals surface area contributed by atoms with Gasteiger partial charge in [0.2, 0.25) is 0 Å². The average molecular weight is 624 g/mol. The van der Waals surface area contributed by atoms with Gasteiger partial charge >= 0.3 is 0 Å². The van der Waals surface area contributed by atoms with Gasteiger partial charge in [-0.3, -0.25) is 9.47 Å². The second kappa shape index (κ2) is 10.0. The van der Waals surface area contributed by atoms with Crippen LogP contribution in [0.15, 0.2) is 152 Å². The van der Waals surface area contributed by atoms with E-state index in [-0.39, 0.29) is 0 Å². The highest BCUT2D eigenvalue weighted by molar-refractivity contribution is 6.09. The lowest BCUT2D eigenvalue weighted by Crippen LogP contribution is -2.36. The van der Waals surface area contributed by atoms with Crippen molar-refractivity contribution in [1.82, 2.24) is 9.55 Å². The maximum atomic E-state index is 10.1. The summed E-state index contributed by atoms with van der Waals surface area (Å²) in [5, 5.41) is 12.4. The molecule has 1 aliphatic heterocycles. The highest BCUT2D eigenvalue weighted by Gasteiger charge is 2.52. The predicted octanol–water partition coefficient (Wildman–Crippen LogP) is 10.7. The molecule has 0 amide bonds. The molecule has 0 saturated carbocycles. The molecule has 1 aliphatic carbocycles. The fraction of sp³-hybridized carbons (Fsp3) is 0.0227. The molecule has 2 aromatic heterocycles. The van der Waals surface area contributed by atoms with Gasteiger partial charge in [-0.15, -0.1) is 0 Å². The summed E-state index contributed by atoms with van der Waals surface area (Å²) < 4.78 is 2.25. The minimum Gasteiger partial charge on any atom is -0.294 e. The van der Waals surface area contributed by atoms with Crippen molar-refractivity contribution in [2.24, 2.45) is 0 Å². The second-order valence-electron chi connectivity index (χ2n) is 12.6. The van der Waals surface area contributed by atoms with E-state index in [1.165, 1.54) is 10.8 Å². The minimum absolute atomic E-state index is 0.587. The van der Waals surface area contributed by atoms with E-state index >= 15 is 0 Å². The highest BCUT2D eigenvalue weighted by atomic mass is 15.2. The zero-order chi connectivity index (χ0) is 32.7. The van der Waals surface area contributed by atoms with E-state index in [1.807, 2.05) is 24.3 Å². The van der Waals surface area contributed by atoms with Crippen molar-refractivity contribution >= 4 is 44.7 Å². The van der Waals surface area contributed by atoms with Crippen LogP contribution < -0.4 is 4.90 Å². The summed E-state index contributed by atoms with van der Waals surface area (Å²) >= 11 is 0. The number of nitrogens with zero attached hydrogens (tertiary/aromatic N) is 5. The van der Waals surface area contributed by atoms with Crippen LogP contribution in [0.3, 0.4) is 0 Å². The van der Waals surface area contributed by atoms with Crippen LogP contribution >= 0.6 is 0 Å². The van der Waals surface area contributed by atoms with Gasteiger partial charge in [-0.2, -0.15) is 5.26 Å². The smallest absolute Gasteiger partial charge is 0.187 e. The van der Waals surface area contributed by atoms with Gasteiger partial charge in [-0.25, -0.2) is 9.83 Å². The topological polar surface area (TPSA) is 49.2 Å². The number of benzene rings is 6. The standard InChI is InChI=1S/C44H25N5/c1-46-29-22-24-31-30-23-21-28(27-45)25-36(30)44(37(31)26-29)34-13-4-8-17-40(34)49(41-18-9-5-14-35(41)44)43-20-10-19-42(47-43)48-38-15-6-2-11-32(38)33-12-3-7-16-39(33)48/h2-26H. The molecule has 2 aliphatic rings. The molecule has 3 heterocycles. The lowest BCUT2D eigenvalue weighted by Gasteiger charge is -2.44. The Bertz CT molecular complexity index is 2610. The largest absolute Gasteiger partial charge is 0.294 e. The summed E-state index contributed by atoms with van der Waals surface area (Å²) in [6.07, 6.45) is 0. The summed E-state index contributed by atoms with van der Waals surface area (Å²) in [6, 6.07) is 54.6. The molecule has 0 saturated heterocycles. The Hall–Kier alpha value is -6.95. The summed E-state index contributed by atoms with van der Waals surface area (Å²) in [5.41, 5.74) is 11.1. The lowest BCUT2D eigenvalue weighted by molar-refractivity contribution is 0.751. The van der Waals surface area contributed by atoms with Crippen LogP contribution in [0, 0.1) is 17.9 Å². The monoisotopic (exact) mass is 623 g/mol. The molecule has 0 N–H and O–H groups in total. The van der Waals surface area contributed by atoms with Crippen LogP contribution in [0.25, 0.3) is 43.6 Å². The van der Waals surface area contributed by atoms with Crippen molar-refractivity contribution in [3.8, 4) is 23.0 Å². The number of para-hydroxylation sites is 4. The number of hydrogen-bond acceptors (Lipinski definition) is 3. The number of anilines is 3. The van der Waals surface area contributed by atoms with Crippen LogP contribution in [-0.4, -0.2) is 9.55 Å². The Kier molecular flexibility index (Phi) is 5.56. The normalized spacial score (nSPS) is 13.4. The zero-order valence-electron chi connectivity index (χ0n) is 26.2. The fourth-order valence-corrected chi connectivity index (χ4v) is 8.35. The van der Waals surface area contributed by atoms with Gasteiger partial charge in [-0.05, 0) is 81.9 Å². The Morgan fingerprint density at radius 2 is 1.14 bits per heavy atom. The van der Waals surface area contributed by atoms with Gasteiger partial charge < -0.3 is 0 Å². The van der Waals surface area contributed by atoms with Crippen LogP contribution in [-0.2, 0) is 5.41 Å². The summed E-state index contributed by atoms with van der Waals surface area (Å²) in [5.74, 6) is 1.63. The molecule has 8 aromatic rings. The molecule has 6 aromatic carbocycles. The number of hydrogen-bond donors (Lipinski definition) is 0. The molecule has 5 heteroatoms. The van der Waals surface area contributed by atoms with Gasteiger partial charge in [-0.1, -0.05) is 103 Å². The van der Waals surface area contributed by atoms with E-state index in [4.69, 9.17) is 11.6 Å². The Morgan fingerprint density at radius 1 is 0.571 bits per heavy atom. The van der Waals surface area contributed by atoms with Crippen molar-refractivity contribution in [1.29, 1.82) is 5.26 Å². The van der Waals surface area contributed by atoms with E-state index in [0.29, 0.717) is 11.3 Å². The molecular formula is C44H25N5. The summed E-state index contributed by atoms with van der Waals surface area (Å²) in [6.45, 7) is 7.91. The zero-order valence-corrected chi connectivity index (χ0v) is 26.2. The first-order valence-corrected chi connectivity index (χ1v) is 16.2. The van der Waals surface area contributed by atoms with Crippen LogP contribution in [0.1, 0.15) is 27.8 Å². The van der Waals surface area contributed by atoms with Gasteiger partial charge in [0.15, 0.2) is 5.69 Å². The second-order valence-corrected chi connectivity index (χ2v) is 12.6. The van der Waals surface area contributed by atoms with Crippen LogP contribution in [0.4, 0.5) is 22.9 Å². The van der Waals surface area contributed by atoms with E-state index in [1.54, 1.807) is 0 Å². The van der Waals surface area contributed by atoms with Crippen molar-refractivity contribution in [2.75, 3.05) is 4.90 Å². The van der Waals surface area contributed by atoms with Crippen LogP contribution in [0.2, 0.25) is 0 Å². The van der Waals surface area contributed by atoms with E-state index in [0.717, 1.165) is 67.4 Å². The van der Waals surface area contributed by atoms with Crippen molar-refractivity contribution in [3.05, 3.63) is 191 Å². The number of fused-ring (bicyclic) bond motifs is 12. The molecular weight excluding hydrogens is 599 g/mol. The third-order valence-electron chi connectivity index (χ3n) is 10.2. The number of rotatable bonds is 2. The molecule has 49 heavy (non-hydrogen) atoms. The molecule has 0 atom stereocenters. The summed E-state index contributed by atoms with van der Waals surface area (Å²) in [7, 11) is 0. The maximum Gasteiger partial charge on any atom is 0.187 e. The molecule has 0 unspecified atom stereocenters. The summed E-state index contributed by atoms with van der Waals surface area (Å²) in [4.78, 5) is 11.5. The molecule has 5 nitrogen and oxygen atoms in total. The molecule has 226 valence electrons. The quantitative estimate of drug-likeness (QED) is 0.180. The van der Waals surface area contributed by atoms with Crippen molar-refractivity contribution in [2.45, 2.75) is 5.41 Å². The van der Waals surface area contributed by atoms with Gasteiger partial charge in [0.25, 0.3) is 0 Å². The third-order valence-corrected chi connectivity index (χ3v) is 10.2. The number of nitriles is 1. The van der Waals surface area contributed by atoms with Gasteiger partial charge in [0.05, 0.1) is 46.0 Å². The molecule has 0 radical (unpaired) electrons. The first kappa shape index (κ1) is 27.2. The first-order chi connectivity index (χ1) is 24.2. The van der Waals surface area contributed by atoms with Crippen molar-refractivity contribution < 1.29 is 0 Å². The van der Waals surface area contributed by atoms with E-state index in [2.05, 4.69) is 148 Å². The Morgan fingerprint density at radius 3 is 1.80 bits per heavy atom. The van der Waals surface area contributed by atoms with Gasteiger partial charge in [0.1, 0.15) is 11.6 Å². The molecule has 10 rings (SSSR count). The highest BCUT2D eigenvalue weighted by Crippen LogP contribution is 2.63. The SMILES string of the molecule is [C-]#[N+]c1ccc2c(c1)C1(c3cc(C#N)ccc3-2)c2ccccc2N(c2cccc(-n3c4ccccc4c4ccccc43)n2)c2ccccc21. The third kappa shape index (κ3) is 3.54. The van der Waals surface area contributed by atoms with E-state index in [9.17, 15) is 5.26 Å².